The van der Waals surface area contributed by atoms with E-state index >= 15 is 0 Å². The van der Waals surface area contributed by atoms with Gasteiger partial charge in [0.05, 0.1) is 16.9 Å². The van der Waals surface area contributed by atoms with E-state index in [9.17, 15) is 4.79 Å². The second-order valence-corrected chi connectivity index (χ2v) is 6.02. The maximum atomic E-state index is 12.6. The van der Waals surface area contributed by atoms with Gasteiger partial charge in [-0.25, -0.2) is 4.98 Å². The van der Waals surface area contributed by atoms with Crippen molar-refractivity contribution in [1.82, 2.24) is 4.98 Å². The average molecular weight is 313 g/mol. The number of thioether (sulfide) groups is 1. The van der Waals surface area contributed by atoms with Gasteiger partial charge in [-0.1, -0.05) is 12.1 Å². The number of carbonyl (C=O) groups is 1. The van der Waals surface area contributed by atoms with Gasteiger partial charge in [-0.3, -0.25) is 4.79 Å². The molecule has 1 aromatic heterocycles. The van der Waals surface area contributed by atoms with E-state index in [0.29, 0.717) is 5.56 Å². The molecule has 0 aliphatic carbocycles. The van der Waals surface area contributed by atoms with E-state index in [1.165, 1.54) is 24.6 Å². The molecule has 1 aliphatic heterocycles. The van der Waals surface area contributed by atoms with Gasteiger partial charge in [0, 0.05) is 19.3 Å². The summed E-state index contributed by atoms with van der Waals surface area (Å²) in [4.78, 5) is 19.2. The van der Waals surface area contributed by atoms with Gasteiger partial charge in [-0.2, -0.15) is 0 Å². The monoisotopic (exact) mass is 313 g/mol. The Labute approximate surface area is 134 Å². The smallest absolute Gasteiger partial charge is 0.258 e. The van der Waals surface area contributed by atoms with Crippen LogP contribution in [0.1, 0.15) is 23.2 Å². The van der Waals surface area contributed by atoms with Gasteiger partial charge in [-0.05, 0) is 43.4 Å². The number of hydrogen-bond acceptors (Lipinski definition) is 4. The summed E-state index contributed by atoms with van der Waals surface area (Å²) in [7, 11) is 0. The lowest BCUT2D eigenvalue weighted by atomic mass is 10.2. The van der Waals surface area contributed by atoms with Crippen LogP contribution in [0.25, 0.3) is 0 Å². The van der Waals surface area contributed by atoms with Crippen molar-refractivity contribution < 1.29 is 4.79 Å². The van der Waals surface area contributed by atoms with Crippen LogP contribution in [0.4, 0.5) is 11.4 Å². The number of rotatable bonds is 4. The van der Waals surface area contributed by atoms with Crippen LogP contribution in [0.2, 0.25) is 0 Å². The van der Waals surface area contributed by atoms with Crippen molar-refractivity contribution in [1.29, 1.82) is 0 Å². The Balaban J connectivity index is 1.85. The molecule has 1 fully saturated rings. The lowest BCUT2D eigenvalue weighted by molar-refractivity contribution is 0.102. The molecular weight excluding hydrogens is 294 g/mol. The molecule has 1 N–H and O–H groups in total. The maximum absolute atomic E-state index is 12.6. The molecule has 1 saturated heterocycles. The topological polar surface area (TPSA) is 45.2 Å². The van der Waals surface area contributed by atoms with Gasteiger partial charge in [0.25, 0.3) is 5.91 Å². The maximum Gasteiger partial charge on any atom is 0.258 e. The Kier molecular flexibility index (Phi) is 4.63. The first-order valence-electron chi connectivity index (χ1n) is 7.44. The molecule has 4 nitrogen and oxygen atoms in total. The van der Waals surface area contributed by atoms with E-state index in [2.05, 4.69) is 21.3 Å². The Morgan fingerprint density at radius 2 is 1.95 bits per heavy atom. The molecule has 22 heavy (non-hydrogen) atoms. The number of amides is 1. The van der Waals surface area contributed by atoms with Crippen LogP contribution in [-0.2, 0) is 0 Å². The number of anilines is 2. The summed E-state index contributed by atoms with van der Waals surface area (Å²) in [5.41, 5.74) is 2.58. The number of benzene rings is 1. The van der Waals surface area contributed by atoms with E-state index in [4.69, 9.17) is 0 Å². The quantitative estimate of drug-likeness (QED) is 0.875. The van der Waals surface area contributed by atoms with Crippen LogP contribution in [-0.4, -0.2) is 30.2 Å². The SMILES string of the molecule is CSc1ncccc1C(=O)Nc1ccccc1N1CCCC1. The van der Waals surface area contributed by atoms with Crippen molar-refractivity contribution >= 4 is 29.0 Å². The number of carbonyl (C=O) groups excluding carboxylic acids is 1. The number of pyridine rings is 1. The first-order valence-corrected chi connectivity index (χ1v) is 8.66. The van der Waals surface area contributed by atoms with Crippen LogP contribution in [0.5, 0.6) is 0 Å². The van der Waals surface area contributed by atoms with Gasteiger partial charge in [0.1, 0.15) is 5.03 Å². The van der Waals surface area contributed by atoms with Crippen LogP contribution in [0.15, 0.2) is 47.6 Å². The largest absolute Gasteiger partial charge is 0.370 e. The molecule has 0 radical (unpaired) electrons. The fourth-order valence-electron chi connectivity index (χ4n) is 2.73. The molecule has 3 rings (SSSR count). The third kappa shape index (κ3) is 3.09. The minimum Gasteiger partial charge on any atom is -0.370 e. The predicted molar refractivity (Wildman–Crippen MR) is 91.9 cm³/mol. The minimum absolute atomic E-state index is 0.107. The Morgan fingerprint density at radius 3 is 2.73 bits per heavy atom. The van der Waals surface area contributed by atoms with Gasteiger partial charge in [-0.15, -0.1) is 11.8 Å². The van der Waals surface area contributed by atoms with E-state index < -0.39 is 0 Å². The highest BCUT2D eigenvalue weighted by atomic mass is 32.2. The standard InChI is InChI=1S/C17H19N3OS/c1-22-17-13(7-6-10-18-17)16(21)19-14-8-2-3-9-15(14)20-11-4-5-12-20/h2-3,6-10H,4-5,11-12H2,1H3,(H,19,21). The lowest BCUT2D eigenvalue weighted by Crippen LogP contribution is -2.21. The van der Waals surface area contributed by atoms with E-state index in [0.717, 1.165) is 29.5 Å². The highest BCUT2D eigenvalue weighted by Crippen LogP contribution is 2.29. The summed E-state index contributed by atoms with van der Waals surface area (Å²) in [6.07, 6.45) is 6.06. The average Bonchev–Trinajstić information content (AvgIpc) is 3.09. The number of hydrogen-bond donors (Lipinski definition) is 1. The summed E-state index contributed by atoms with van der Waals surface area (Å²) in [6.45, 7) is 2.10. The molecule has 1 aliphatic rings. The fourth-order valence-corrected chi connectivity index (χ4v) is 3.28. The van der Waals surface area contributed by atoms with Crippen molar-refractivity contribution in [3.8, 4) is 0 Å². The normalized spacial score (nSPS) is 14.1. The Hall–Kier alpha value is -2.01. The third-order valence-electron chi connectivity index (χ3n) is 3.81. The van der Waals surface area contributed by atoms with Crippen molar-refractivity contribution in [3.63, 3.8) is 0 Å². The molecule has 1 aromatic carbocycles. The first-order chi connectivity index (χ1) is 10.8. The summed E-state index contributed by atoms with van der Waals surface area (Å²) in [5.74, 6) is -0.107. The summed E-state index contributed by atoms with van der Waals surface area (Å²) >= 11 is 1.48. The molecule has 0 spiro atoms. The van der Waals surface area contributed by atoms with Crippen LogP contribution >= 0.6 is 11.8 Å². The number of aromatic nitrogens is 1. The molecule has 0 atom stereocenters. The summed E-state index contributed by atoms with van der Waals surface area (Å²) in [5, 5.41) is 3.79. The number of nitrogens with zero attached hydrogens (tertiary/aromatic N) is 2. The van der Waals surface area contributed by atoms with Crippen molar-refractivity contribution in [2.24, 2.45) is 0 Å². The van der Waals surface area contributed by atoms with E-state index in [1.54, 1.807) is 12.3 Å². The zero-order valence-electron chi connectivity index (χ0n) is 12.6. The Morgan fingerprint density at radius 1 is 1.18 bits per heavy atom. The molecule has 114 valence electrons. The Bertz CT molecular complexity index is 668. The van der Waals surface area contributed by atoms with Gasteiger partial charge in [0.2, 0.25) is 0 Å². The molecule has 2 aromatic rings. The van der Waals surface area contributed by atoms with Crippen LogP contribution < -0.4 is 10.2 Å². The zero-order valence-corrected chi connectivity index (χ0v) is 13.4. The van der Waals surface area contributed by atoms with E-state index in [1.807, 2.05) is 30.5 Å². The molecule has 0 bridgehead atoms. The second-order valence-electron chi connectivity index (χ2n) is 5.23. The second kappa shape index (κ2) is 6.83. The van der Waals surface area contributed by atoms with Crippen LogP contribution in [0, 0.1) is 0 Å². The molecular formula is C17H19N3OS. The molecule has 5 heteroatoms. The van der Waals surface area contributed by atoms with Gasteiger partial charge < -0.3 is 10.2 Å². The molecule has 0 saturated carbocycles. The highest BCUT2D eigenvalue weighted by molar-refractivity contribution is 7.98. The molecule has 2 heterocycles. The first kappa shape index (κ1) is 14.9. The van der Waals surface area contributed by atoms with Gasteiger partial charge in [0.15, 0.2) is 0 Å². The lowest BCUT2D eigenvalue weighted by Gasteiger charge is -2.21. The van der Waals surface area contributed by atoms with Crippen molar-refractivity contribution in [3.05, 3.63) is 48.2 Å². The molecule has 1 amide bonds. The molecule has 0 unspecified atom stereocenters. The van der Waals surface area contributed by atoms with E-state index in [-0.39, 0.29) is 5.91 Å². The zero-order chi connectivity index (χ0) is 15.4. The third-order valence-corrected chi connectivity index (χ3v) is 4.52. The summed E-state index contributed by atoms with van der Waals surface area (Å²) < 4.78 is 0. The van der Waals surface area contributed by atoms with Crippen molar-refractivity contribution in [2.45, 2.75) is 17.9 Å². The van der Waals surface area contributed by atoms with Crippen LogP contribution in [0.3, 0.4) is 0 Å². The van der Waals surface area contributed by atoms with Crippen molar-refractivity contribution in [2.75, 3.05) is 29.6 Å². The predicted octanol–water partition coefficient (Wildman–Crippen LogP) is 3.66. The summed E-state index contributed by atoms with van der Waals surface area (Å²) in [6, 6.07) is 11.6. The fraction of sp³-hybridized carbons (Fsp3) is 0.294. The number of nitrogens with one attached hydrogen (secondary N) is 1. The number of para-hydroxylation sites is 2. The highest BCUT2D eigenvalue weighted by Gasteiger charge is 2.18. The minimum atomic E-state index is -0.107. The van der Waals surface area contributed by atoms with Gasteiger partial charge >= 0.3 is 0 Å².